The number of aromatic nitrogens is 3. The van der Waals surface area contributed by atoms with E-state index in [1.54, 1.807) is 16.8 Å². The molecule has 16 nitrogen and oxygen atoms in total. The lowest BCUT2D eigenvalue weighted by Crippen LogP contribution is -2.71. The van der Waals surface area contributed by atoms with Gasteiger partial charge in [0.1, 0.15) is 23.7 Å². The molecule has 5 heterocycles. The smallest absolute Gasteiger partial charge is 0.272 e. The molecule has 1 unspecified atom stereocenters. The van der Waals surface area contributed by atoms with Gasteiger partial charge in [-0.25, -0.2) is 9.55 Å². The Morgan fingerprint density at radius 3 is 2.78 bits per heavy atom. The van der Waals surface area contributed by atoms with E-state index in [4.69, 9.17) is 5.73 Å². The molecule has 0 aromatic carbocycles. The summed E-state index contributed by atoms with van der Waals surface area (Å²) in [5.41, 5.74) is 4.35. The zero-order valence-corrected chi connectivity index (χ0v) is 25.4. The number of thioether (sulfide) groups is 2. The minimum absolute atomic E-state index is 0.00439. The van der Waals surface area contributed by atoms with Crippen molar-refractivity contribution in [2.75, 3.05) is 23.8 Å². The van der Waals surface area contributed by atoms with Crippen molar-refractivity contribution in [1.82, 2.24) is 25.2 Å². The average molecular weight is 676 g/mol. The van der Waals surface area contributed by atoms with Crippen LogP contribution >= 0.6 is 34.9 Å². The molecule has 236 valence electrons. The van der Waals surface area contributed by atoms with Gasteiger partial charge in [-0.15, -0.1) is 34.9 Å². The Labute approximate surface area is 266 Å². The SMILES string of the molecule is Nc1nc(C(NC(=O)c2cc(=O)c(O)cn2O)C(=O)N[C@@H]2C(=O)N3C(C(=O)[O-])=C(CSc4ccc[n+](CCO)c4)CS[C@H]23)cs1. The van der Waals surface area contributed by atoms with E-state index in [2.05, 4.69) is 15.6 Å². The number of hydrogen-bond acceptors (Lipinski definition) is 14. The summed E-state index contributed by atoms with van der Waals surface area (Å²) in [7, 11) is 0. The summed E-state index contributed by atoms with van der Waals surface area (Å²) in [6.07, 6.45) is 4.21. The summed E-state index contributed by atoms with van der Waals surface area (Å²) < 4.78 is 1.99. The van der Waals surface area contributed by atoms with Crippen LogP contribution in [0, 0.1) is 0 Å². The highest BCUT2D eigenvalue weighted by molar-refractivity contribution is 8.01. The second kappa shape index (κ2) is 13.2. The number of carbonyl (C=O) groups is 4. The maximum Gasteiger partial charge on any atom is 0.272 e. The number of nitrogen functional groups attached to an aromatic ring is 1. The maximum atomic E-state index is 13.4. The van der Waals surface area contributed by atoms with Gasteiger partial charge >= 0.3 is 0 Å². The van der Waals surface area contributed by atoms with Crippen LogP contribution in [0.4, 0.5) is 5.13 Å². The van der Waals surface area contributed by atoms with Gasteiger partial charge in [0.15, 0.2) is 35.9 Å². The number of aliphatic carboxylic acids is 1. The van der Waals surface area contributed by atoms with Crippen LogP contribution < -0.4 is 31.5 Å². The van der Waals surface area contributed by atoms with E-state index in [0.29, 0.717) is 24.4 Å². The summed E-state index contributed by atoms with van der Waals surface area (Å²) >= 11 is 3.57. The monoisotopic (exact) mass is 675 g/mol. The Balaban J connectivity index is 1.32. The van der Waals surface area contributed by atoms with Gasteiger partial charge in [0.2, 0.25) is 11.3 Å². The number of nitrogens with zero attached hydrogens (tertiary/aromatic N) is 4. The van der Waals surface area contributed by atoms with Crippen molar-refractivity contribution in [3.63, 3.8) is 0 Å². The molecule has 3 aromatic rings. The molecular formula is C26H25N7O9S3. The fourth-order valence-corrected chi connectivity index (χ4v) is 7.65. The Morgan fingerprint density at radius 1 is 1.31 bits per heavy atom. The lowest BCUT2D eigenvalue weighted by Gasteiger charge is -2.51. The molecule has 3 atom stereocenters. The first-order valence-corrected chi connectivity index (χ1v) is 16.0. The van der Waals surface area contributed by atoms with Gasteiger partial charge in [0, 0.05) is 29.0 Å². The van der Waals surface area contributed by atoms with Gasteiger partial charge in [-0.3, -0.25) is 24.1 Å². The predicted octanol–water partition coefficient (Wildman–Crippen LogP) is -2.22. The number of thiazole rings is 1. The second-order valence-corrected chi connectivity index (χ2v) is 12.7. The number of pyridine rings is 2. The largest absolute Gasteiger partial charge is 0.543 e. The van der Waals surface area contributed by atoms with Gasteiger partial charge in [-0.2, -0.15) is 4.73 Å². The Bertz CT molecular complexity index is 1780. The van der Waals surface area contributed by atoms with Gasteiger partial charge in [0.25, 0.3) is 11.8 Å². The highest BCUT2D eigenvalue weighted by Crippen LogP contribution is 2.41. The van der Waals surface area contributed by atoms with Crippen LogP contribution in [0.3, 0.4) is 0 Å². The molecule has 3 aromatic heterocycles. The van der Waals surface area contributed by atoms with Crippen molar-refractivity contribution in [2.24, 2.45) is 0 Å². The molecule has 1 saturated heterocycles. The van der Waals surface area contributed by atoms with Gasteiger partial charge < -0.3 is 41.7 Å². The summed E-state index contributed by atoms with van der Waals surface area (Å²) in [5, 5.41) is 46.4. The van der Waals surface area contributed by atoms with Crippen molar-refractivity contribution in [2.45, 2.75) is 28.9 Å². The zero-order chi connectivity index (χ0) is 32.4. The third kappa shape index (κ3) is 6.60. The number of carbonyl (C=O) groups excluding carboxylic acids is 4. The van der Waals surface area contributed by atoms with Crippen LogP contribution in [-0.2, 0) is 20.9 Å². The molecule has 0 radical (unpaired) electrons. The lowest BCUT2D eigenvalue weighted by atomic mass is 10.0. The van der Waals surface area contributed by atoms with Crippen molar-refractivity contribution in [3.05, 3.63) is 75.1 Å². The molecule has 0 bridgehead atoms. The standard InChI is InChI=1S/C26H25N7O9S3/c27-26-28-14(11-45-26)18(29-21(37)15-6-16(35)17(36)8-32(15)42)22(38)30-19-23(39)33-20(25(40)41)12(10-44-24(19)33)9-43-13-2-1-3-31(7-13)4-5-34/h1-3,6-8,11,18-19,24,34,42H,4-5,9-10H2,(H5-,27,28,29,30,36,37,38,40,41)/t18?,19-,24-/m1/s1. The normalized spacial score (nSPS) is 18.2. The van der Waals surface area contributed by atoms with E-state index in [1.165, 1.54) is 28.9 Å². The quantitative estimate of drug-likeness (QED) is 0.0547. The number of carboxylic acids is 1. The van der Waals surface area contributed by atoms with Crippen LogP contribution in [0.1, 0.15) is 22.2 Å². The number of hydrogen-bond donors (Lipinski definition) is 6. The van der Waals surface area contributed by atoms with Crippen molar-refractivity contribution < 1.29 is 44.3 Å². The number of nitrogens with two attached hydrogens (primary N) is 1. The van der Waals surface area contributed by atoms with E-state index in [9.17, 15) is 44.5 Å². The third-order valence-corrected chi connectivity index (χ3v) is 9.86. The second-order valence-electron chi connectivity index (χ2n) is 9.70. The number of amides is 3. The average Bonchev–Trinajstić information content (AvgIpc) is 3.44. The molecule has 0 saturated carbocycles. The number of aliphatic hydroxyl groups is 1. The molecule has 5 rings (SSSR count). The molecule has 2 aliphatic rings. The van der Waals surface area contributed by atoms with Crippen LogP contribution in [0.15, 0.2) is 63.1 Å². The van der Waals surface area contributed by atoms with E-state index < -0.39 is 58.0 Å². The molecular weight excluding hydrogens is 651 g/mol. The third-order valence-electron chi connectivity index (χ3n) is 6.76. The van der Waals surface area contributed by atoms with E-state index in [1.807, 2.05) is 12.3 Å². The van der Waals surface area contributed by atoms with E-state index >= 15 is 0 Å². The number of aliphatic hydroxyl groups excluding tert-OH is 1. The topological polar surface area (TPSA) is 244 Å². The van der Waals surface area contributed by atoms with Crippen LogP contribution in [0.2, 0.25) is 0 Å². The van der Waals surface area contributed by atoms with E-state index in [0.717, 1.165) is 21.1 Å². The Hall–Kier alpha value is -4.59. The van der Waals surface area contributed by atoms with Gasteiger partial charge in [0.05, 0.1) is 28.5 Å². The number of anilines is 1. The number of fused-ring (bicyclic) bond motifs is 1. The first-order chi connectivity index (χ1) is 21.5. The fraction of sp³-hybridized carbons (Fsp3) is 0.269. The summed E-state index contributed by atoms with van der Waals surface area (Å²) in [5.74, 6) is -4.54. The molecule has 3 amide bonds. The maximum absolute atomic E-state index is 13.4. The molecule has 0 spiro atoms. The van der Waals surface area contributed by atoms with E-state index in [-0.39, 0.29) is 39.4 Å². The Kier molecular flexibility index (Phi) is 9.32. The number of rotatable bonds is 11. The highest BCUT2D eigenvalue weighted by atomic mass is 32.2. The molecule has 2 aliphatic heterocycles. The number of aromatic hydroxyl groups is 1. The molecule has 1 fully saturated rings. The van der Waals surface area contributed by atoms with Crippen LogP contribution in [-0.4, -0.2) is 83.3 Å². The summed E-state index contributed by atoms with van der Waals surface area (Å²) in [6.45, 7) is 0.355. The predicted molar refractivity (Wildman–Crippen MR) is 158 cm³/mol. The first kappa shape index (κ1) is 31.8. The summed E-state index contributed by atoms with van der Waals surface area (Å²) in [4.78, 5) is 69.5. The molecule has 19 heteroatoms. The van der Waals surface area contributed by atoms with Crippen LogP contribution in [0.5, 0.6) is 5.75 Å². The van der Waals surface area contributed by atoms with Crippen LogP contribution in [0.25, 0.3) is 0 Å². The van der Waals surface area contributed by atoms with Crippen molar-refractivity contribution in [1.29, 1.82) is 0 Å². The number of nitrogens with one attached hydrogen (secondary N) is 2. The minimum Gasteiger partial charge on any atom is -0.543 e. The van der Waals surface area contributed by atoms with Crippen molar-refractivity contribution >= 4 is 63.7 Å². The number of carboxylic acid groups (broad SMARTS) is 1. The molecule has 45 heavy (non-hydrogen) atoms. The molecule has 0 aliphatic carbocycles. The zero-order valence-electron chi connectivity index (χ0n) is 23.0. The van der Waals surface area contributed by atoms with Gasteiger partial charge in [-0.05, 0) is 11.6 Å². The molecule has 7 N–H and O–H groups in total. The van der Waals surface area contributed by atoms with Crippen molar-refractivity contribution in [3.8, 4) is 5.75 Å². The highest BCUT2D eigenvalue weighted by Gasteiger charge is 2.53. The number of β-lactam (4-membered cyclic amide) rings is 1. The minimum atomic E-state index is -1.54. The first-order valence-electron chi connectivity index (χ1n) is 13.1. The Morgan fingerprint density at radius 2 is 2.09 bits per heavy atom. The van der Waals surface area contributed by atoms with Gasteiger partial charge in [-0.1, -0.05) is 0 Å². The fourth-order valence-electron chi connectivity index (χ4n) is 4.62. The summed E-state index contributed by atoms with van der Waals surface area (Å²) in [6, 6.07) is 1.61. The lowest BCUT2D eigenvalue weighted by molar-refractivity contribution is -0.699.